The fourth-order valence-electron chi connectivity index (χ4n) is 3.90. The minimum Gasteiger partial charge on any atom is -0.456 e. The molecule has 0 atom stereocenters. The topological polar surface area (TPSA) is 80.2 Å². The lowest BCUT2D eigenvalue weighted by atomic mass is 10.1. The molecule has 3 aromatic carbocycles. The Kier molecular flexibility index (Phi) is 4.97. The van der Waals surface area contributed by atoms with Gasteiger partial charge in [-0.25, -0.2) is 9.97 Å². The number of nitrogen functional groups attached to an aromatic ring is 1. The molecule has 168 valence electrons. The van der Waals surface area contributed by atoms with Gasteiger partial charge in [-0.05, 0) is 48.5 Å². The van der Waals surface area contributed by atoms with Gasteiger partial charge in [0.15, 0.2) is 5.13 Å². The van der Waals surface area contributed by atoms with Crippen LogP contribution in [0.25, 0.3) is 43.1 Å². The molecule has 0 saturated heterocycles. The molecule has 0 bridgehead atoms. The number of benzene rings is 3. The molecule has 0 aliphatic carbocycles. The van der Waals surface area contributed by atoms with Gasteiger partial charge >= 0.3 is 0 Å². The van der Waals surface area contributed by atoms with Gasteiger partial charge in [0.2, 0.25) is 0 Å². The van der Waals surface area contributed by atoms with Gasteiger partial charge in [-0.3, -0.25) is 0 Å². The molecule has 6 nitrogen and oxygen atoms in total. The van der Waals surface area contributed by atoms with Gasteiger partial charge in [0.25, 0.3) is 0 Å². The summed E-state index contributed by atoms with van der Waals surface area (Å²) in [5.74, 6) is 0.481. The van der Waals surface area contributed by atoms with Gasteiger partial charge in [0.05, 0.1) is 5.69 Å². The van der Waals surface area contributed by atoms with Crippen LogP contribution in [0, 0.1) is 0 Å². The highest BCUT2D eigenvalue weighted by Crippen LogP contribution is 2.40. The van der Waals surface area contributed by atoms with Gasteiger partial charge in [-0.2, -0.15) is 0 Å². The number of thiazole rings is 2. The molecule has 3 N–H and O–H groups in total. The minimum absolute atomic E-state index is 0.481. The molecule has 3 aromatic heterocycles. The van der Waals surface area contributed by atoms with Crippen molar-refractivity contribution in [1.29, 1.82) is 0 Å². The van der Waals surface area contributed by atoms with Crippen LogP contribution in [-0.2, 0) is 0 Å². The maximum atomic E-state index is 6.27. The summed E-state index contributed by atoms with van der Waals surface area (Å²) in [5, 5.41) is 9.21. The number of nitrogens with two attached hydrogens (primary N) is 1. The van der Waals surface area contributed by atoms with E-state index in [1.807, 2.05) is 56.6 Å². The number of nitrogens with one attached hydrogen (secondary N) is 1. The van der Waals surface area contributed by atoms with E-state index in [1.165, 1.54) is 11.3 Å². The van der Waals surface area contributed by atoms with Gasteiger partial charge < -0.3 is 20.4 Å². The third-order valence-corrected chi connectivity index (χ3v) is 7.64. The van der Waals surface area contributed by atoms with Gasteiger partial charge in [0.1, 0.15) is 26.9 Å². The molecule has 0 unspecified atom stereocenters. The molecule has 0 aliphatic heterocycles. The van der Waals surface area contributed by atoms with E-state index in [4.69, 9.17) is 15.1 Å². The van der Waals surface area contributed by atoms with Crippen LogP contribution in [0.5, 0.6) is 0 Å². The molecule has 0 amide bonds. The lowest BCUT2D eigenvalue weighted by Crippen LogP contribution is -2.08. The zero-order valence-corrected chi connectivity index (χ0v) is 20.2. The molecule has 0 saturated carbocycles. The Bertz CT molecular complexity index is 1630. The highest BCUT2D eigenvalue weighted by atomic mass is 32.1. The van der Waals surface area contributed by atoms with E-state index in [0.29, 0.717) is 5.82 Å². The van der Waals surface area contributed by atoms with E-state index in [0.717, 1.165) is 59.6 Å². The molecule has 0 radical (unpaired) electrons. The van der Waals surface area contributed by atoms with Crippen LogP contribution in [0.4, 0.5) is 22.3 Å². The van der Waals surface area contributed by atoms with Crippen LogP contribution in [0.3, 0.4) is 0 Å². The number of hydrogen-bond donors (Lipinski definition) is 2. The summed E-state index contributed by atoms with van der Waals surface area (Å²) >= 11 is 3.08. The van der Waals surface area contributed by atoms with Crippen LogP contribution in [0.15, 0.2) is 76.5 Å². The van der Waals surface area contributed by atoms with Gasteiger partial charge in [0, 0.05) is 47.2 Å². The van der Waals surface area contributed by atoms with Crippen molar-refractivity contribution in [1.82, 2.24) is 9.97 Å². The average molecular weight is 484 g/mol. The highest BCUT2D eigenvalue weighted by molar-refractivity contribution is 7.23. The van der Waals surface area contributed by atoms with Crippen LogP contribution in [0.1, 0.15) is 0 Å². The molecule has 0 spiro atoms. The van der Waals surface area contributed by atoms with E-state index in [9.17, 15) is 0 Å². The third-order valence-electron chi connectivity index (χ3n) is 5.66. The monoisotopic (exact) mass is 483 g/mol. The van der Waals surface area contributed by atoms with Crippen LogP contribution >= 0.6 is 22.7 Å². The zero-order chi connectivity index (χ0) is 23.2. The van der Waals surface area contributed by atoms with Crippen molar-refractivity contribution in [2.45, 2.75) is 0 Å². The van der Waals surface area contributed by atoms with E-state index < -0.39 is 0 Å². The van der Waals surface area contributed by atoms with Crippen molar-refractivity contribution in [3.63, 3.8) is 0 Å². The van der Waals surface area contributed by atoms with E-state index >= 15 is 0 Å². The molecule has 34 heavy (non-hydrogen) atoms. The van der Waals surface area contributed by atoms with Crippen molar-refractivity contribution in [2.24, 2.45) is 0 Å². The molecule has 0 fully saturated rings. The number of para-hydroxylation sites is 1. The third kappa shape index (κ3) is 3.67. The van der Waals surface area contributed by atoms with E-state index in [-0.39, 0.29) is 0 Å². The number of fused-ring (bicyclic) bond motifs is 3. The first-order valence-corrected chi connectivity index (χ1v) is 12.4. The maximum Gasteiger partial charge on any atom is 0.189 e. The zero-order valence-electron chi connectivity index (χ0n) is 18.6. The van der Waals surface area contributed by atoms with Crippen LogP contribution < -0.4 is 16.0 Å². The number of anilines is 4. The molecular weight excluding hydrogens is 462 g/mol. The number of rotatable bonds is 5. The Hall–Kier alpha value is -3.88. The normalized spacial score (nSPS) is 11.4. The second-order valence-corrected chi connectivity index (χ2v) is 10.0. The quantitative estimate of drug-likeness (QED) is 0.269. The molecule has 3 heterocycles. The van der Waals surface area contributed by atoms with Crippen LogP contribution in [-0.4, -0.2) is 24.1 Å². The minimum atomic E-state index is 0.481. The number of furan rings is 1. The fraction of sp³-hybridized carbons (Fsp3) is 0.0769. The predicted molar refractivity (Wildman–Crippen MR) is 144 cm³/mol. The molecule has 0 aliphatic rings. The lowest BCUT2D eigenvalue weighted by molar-refractivity contribution is 0.669. The summed E-state index contributed by atoms with van der Waals surface area (Å²) in [4.78, 5) is 12.3. The first-order chi connectivity index (χ1) is 16.5. The lowest BCUT2D eigenvalue weighted by Gasteiger charge is -2.12. The van der Waals surface area contributed by atoms with E-state index in [2.05, 4.69) is 44.8 Å². The smallest absolute Gasteiger partial charge is 0.189 e. The Labute approximate surface area is 204 Å². The summed E-state index contributed by atoms with van der Waals surface area (Å²) in [6.45, 7) is 0. The summed E-state index contributed by atoms with van der Waals surface area (Å²) in [6.07, 6.45) is 0. The van der Waals surface area contributed by atoms with Crippen molar-refractivity contribution in [2.75, 3.05) is 30.0 Å². The maximum absolute atomic E-state index is 6.27. The van der Waals surface area contributed by atoms with Gasteiger partial charge in [-0.1, -0.05) is 29.5 Å². The standard InChI is InChI=1S/C26H21N5OS2/c1-31(2)17-10-8-16(9-11-17)28-26-30-24(27)23(34-26)25-29-20(14-33-25)15-7-12-22-19(13-15)18-5-3-4-6-21(18)32-22/h3-14H,27H2,1-2H3,(H,28,30). The van der Waals surface area contributed by atoms with Crippen molar-refractivity contribution in [3.05, 3.63) is 72.1 Å². The first-order valence-electron chi connectivity index (χ1n) is 10.7. The molecular formula is C26H21N5OS2. The Morgan fingerprint density at radius 3 is 2.53 bits per heavy atom. The molecule has 8 heteroatoms. The number of nitrogens with zero attached hydrogens (tertiary/aromatic N) is 3. The summed E-state index contributed by atoms with van der Waals surface area (Å²) < 4.78 is 5.95. The highest BCUT2D eigenvalue weighted by Gasteiger charge is 2.16. The van der Waals surface area contributed by atoms with Crippen molar-refractivity contribution < 1.29 is 4.42 Å². The SMILES string of the molecule is CN(C)c1ccc(Nc2nc(N)c(-c3nc(-c4ccc5oc6ccccc6c5c4)cs3)s2)cc1. The largest absolute Gasteiger partial charge is 0.456 e. The van der Waals surface area contributed by atoms with Gasteiger partial charge in [-0.15, -0.1) is 11.3 Å². The Morgan fingerprint density at radius 2 is 1.71 bits per heavy atom. The molecule has 6 aromatic rings. The number of hydrogen-bond acceptors (Lipinski definition) is 8. The molecule has 6 rings (SSSR count). The second-order valence-electron chi connectivity index (χ2n) is 8.15. The Balaban J connectivity index is 1.29. The number of aromatic nitrogens is 2. The van der Waals surface area contributed by atoms with E-state index in [1.54, 1.807) is 11.3 Å². The Morgan fingerprint density at radius 1 is 0.912 bits per heavy atom. The second kappa shape index (κ2) is 8.16. The summed E-state index contributed by atoms with van der Waals surface area (Å²) in [6, 6.07) is 22.5. The first kappa shape index (κ1) is 20.7. The summed E-state index contributed by atoms with van der Waals surface area (Å²) in [5.41, 5.74) is 12.1. The predicted octanol–water partition coefficient (Wildman–Crippen LogP) is 7.22. The summed E-state index contributed by atoms with van der Waals surface area (Å²) in [7, 11) is 4.04. The van der Waals surface area contributed by atoms with Crippen molar-refractivity contribution >= 4 is 66.9 Å². The fourth-order valence-corrected chi connectivity index (χ4v) is 5.73. The van der Waals surface area contributed by atoms with Crippen LogP contribution in [0.2, 0.25) is 0 Å². The van der Waals surface area contributed by atoms with Crippen molar-refractivity contribution in [3.8, 4) is 21.1 Å². The average Bonchev–Trinajstić information content (AvgIpc) is 3.55.